The maximum absolute atomic E-state index is 12.2. The van der Waals surface area contributed by atoms with E-state index in [1.165, 1.54) is 29.2 Å². The van der Waals surface area contributed by atoms with Crippen LogP contribution >= 0.6 is 23.1 Å². The number of benzene rings is 2. The van der Waals surface area contributed by atoms with Gasteiger partial charge in [0, 0.05) is 17.3 Å². The van der Waals surface area contributed by atoms with Gasteiger partial charge in [0.05, 0.1) is 23.0 Å². The number of anilines is 3. The summed E-state index contributed by atoms with van der Waals surface area (Å²) in [7, 11) is 0. The second-order valence-corrected chi connectivity index (χ2v) is 8.22. The highest BCUT2D eigenvalue weighted by Crippen LogP contribution is 2.31. The fourth-order valence-electron chi connectivity index (χ4n) is 2.49. The van der Waals surface area contributed by atoms with Crippen molar-refractivity contribution in [2.75, 3.05) is 23.0 Å². The van der Waals surface area contributed by atoms with E-state index in [0.29, 0.717) is 27.3 Å². The first-order valence-corrected chi connectivity index (χ1v) is 10.8. The molecule has 0 fully saturated rings. The average molecular weight is 446 g/mol. The Morgan fingerprint density at radius 2 is 2.07 bits per heavy atom. The van der Waals surface area contributed by atoms with Gasteiger partial charge in [0.15, 0.2) is 4.34 Å². The van der Waals surface area contributed by atoms with E-state index in [4.69, 9.17) is 4.74 Å². The second kappa shape index (κ2) is 10.0. The lowest BCUT2D eigenvalue weighted by Gasteiger charge is -2.09. The first kappa shape index (κ1) is 21.5. The van der Waals surface area contributed by atoms with E-state index in [9.17, 15) is 14.9 Å². The van der Waals surface area contributed by atoms with Gasteiger partial charge in [0.1, 0.15) is 5.75 Å². The van der Waals surface area contributed by atoms with Gasteiger partial charge in [-0.3, -0.25) is 14.9 Å². The lowest BCUT2D eigenvalue weighted by molar-refractivity contribution is -0.385. The highest BCUT2D eigenvalue weighted by Gasteiger charge is 2.14. The molecule has 0 saturated heterocycles. The third-order valence-corrected chi connectivity index (χ3v) is 5.82. The van der Waals surface area contributed by atoms with Crippen molar-refractivity contribution in [3.05, 3.63) is 58.1 Å². The number of nitro groups is 1. The summed E-state index contributed by atoms with van der Waals surface area (Å²) in [6.45, 7) is 4.11. The summed E-state index contributed by atoms with van der Waals surface area (Å²) in [6, 6.07) is 12.1. The third kappa shape index (κ3) is 5.67. The van der Waals surface area contributed by atoms with Crippen LogP contribution in [-0.2, 0) is 4.79 Å². The summed E-state index contributed by atoms with van der Waals surface area (Å²) in [6.07, 6.45) is 0. The van der Waals surface area contributed by atoms with Crippen molar-refractivity contribution in [2.45, 2.75) is 18.2 Å². The quantitative estimate of drug-likeness (QED) is 0.278. The summed E-state index contributed by atoms with van der Waals surface area (Å²) in [5.74, 6) is 0.534. The number of nitrogens with zero attached hydrogens (tertiary/aromatic N) is 3. The minimum absolute atomic E-state index is 0.0346. The number of aryl methyl sites for hydroxylation is 1. The number of ether oxygens (including phenoxy) is 1. The van der Waals surface area contributed by atoms with E-state index in [2.05, 4.69) is 20.8 Å². The molecule has 2 N–H and O–H groups in total. The molecule has 0 aliphatic carbocycles. The zero-order valence-electron chi connectivity index (χ0n) is 16.2. The predicted octanol–water partition coefficient (Wildman–Crippen LogP) is 4.63. The minimum Gasteiger partial charge on any atom is -0.492 e. The van der Waals surface area contributed by atoms with E-state index >= 15 is 0 Å². The fourth-order valence-corrected chi connectivity index (χ4v) is 4.06. The van der Waals surface area contributed by atoms with Crippen LogP contribution in [-0.4, -0.2) is 33.4 Å². The Morgan fingerprint density at radius 3 is 2.83 bits per heavy atom. The number of hydrogen-bond acceptors (Lipinski definition) is 9. The van der Waals surface area contributed by atoms with Crippen LogP contribution in [0, 0.1) is 17.0 Å². The number of rotatable bonds is 9. The molecule has 9 nitrogen and oxygen atoms in total. The molecule has 3 rings (SSSR count). The number of aromatic nitrogens is 2. The standard InChI is InChI=1S/C19H19N5O4S2/c1-3-28-16-7-5-4-6-14(16)21-18-22-23-19(30-18)29-11-17(25)20-13-9-8-12(2)15(10-13)24(26)27/h4-10H,3,11H2,1-2H3,(H,20,25)(H,21,22). The third-order valence-electron chi connectivity index (χ3n) is 3.85. The monoisotopic (exact) mass is 445 g/mol. The lowest BCUT2D eigenvalue weighted by Crippen LogP contribution is -2.14. The van der Waals surface area contributed by atoms with Gasteiger partial charge < -0.3 is 15.4 Å². The number of nitrogens with one attached hydrogen (secondary N) is 2. The van der Waals surface area contributed by atoms with Crippen molar-refractivity contribution in [1.82, 2.24) is 10.2 Å². The SMILES string of the molecule is CCOc1ccccc1Nc1nnc(SCC(=O)Nc2ccc(C)c([N+](=O)[O-])c2)s1. The summed E-state index contributed by atoms with van der Waals surface area (Å²) in [5.41, 5.74) is 1.66. The molecule has 156 valence electrons. The molecule has 0 spiro atoms. The molecule has 11 heteroatoms. The fraction of sp³-hybridized carbons (Fsp3) is 0.211. The highest BCUT2D eigenvalue weighted by atomic mass is 32.2. The number of thioether (sulfide) groups is 1. The number of carbonyl (C=O) groups is 1. The van der Waals surface area contributed by atoms with Crippen LogP contribution in [0.1, 0.15) is 12.5 Å². The molecule has 2 aromatic carbocycles. The Kier molecular flexibility index (Phi) is 7.20. The van der Waals surface area contributed by atoms with Gasteiger partial charge in [-0.15, -0.1) is 10.2 Å². The van der Waals surface area contributed by atoms with Crippen LogP contribution in [0.25, 0.3) is 0 Å². The average Bonchev–Trinajstić information content (AvgIpc) is 3.17. The molecule has 0 aliphatic rings. The first-order chi connectivity index (χ1) is 14.5. The van der Waals surface area contributed by atoms with Crippen LogP contribution in [0.3, 0.4) is 0 Å². The van der Waals surface area contributed by atoms with E-state index in [0.717, 1.165) is 11.4 Å². The number of hydrogen-bond donors (Lipinski definition) is 2. The minimum atomic E-state index is -0.473. The number of nitro benzene ring substituents is 1. The van der Waals surface area contributed by atoms with E-state index in [1.807, 2.05) is 31.2 Å². The van der Waals surface area contributed by atoms with Gasteiger partial charge in [0.2, 0.25) is 11.0 Å². The van der Waals surface area contributed by atoms with E-state index in [-0.39, 0.29) is 17.3 Å². The normalized spacial score (nSPS) is 10.5. The Morgan fingerprint density at radius 1 is 1.27 bits per heavy atom. The Balaban J connectivity index is 1.56. The van der Waals surface area contributed by atoms with Gasteiger partial charge in [-0.2, -0.15) is 0 Å². The van der Waals surface area contributed by atoms with E-state index in [1.54, 1.807) is 19.1 Å². The number of carbonyl (C=O) groups excluding carboxylic acids is 1. The molecule has 1 amide bonds. The summed E-state index contributed by atoms with van der Waals surface area (Å²) >= 11 is 2.55. The van der Waals surface area contributed by atoms with Crippen LogP contribution in [0.15, 0.2) is 46.8 Å². The highest BCUT2D eigenvalue weighted by molar-refractivity contribution is 8.01. The Bertz CT molecular complexity index is 1060. The molecule has 0 atom stereocenters. The summed E-state index contributed by atoms with van der Waals surface area (Å²) < 4.78 is 6.20. The van der Waals surface area contributed by atoms with Crippen LogP contribution in [0.5, 0.6) is 5.75 Å². The van der Waals surface area contributed by atoms with Gasteiger partial charge in [0.25, 0.3) is 5.69 Å². The number of para-hydroxylation sites is 2. The topological polar surface area (TPSA) is 119 Å². The molecule has 0 aliphatic heterocycles. The lowest BCUT2D eigenvalue weighted by atomic mass is 10.2. The van der Waals surface area contributed by atoms with Crippen LogP contribution < -0.4 is 15.4 Å². The van der Waals surface area contributed by atoms with Gasteiger partial charge in [-0.25, -0.2) is 0 Å². The maximum Gasteiger partial charge on any atom is 0.274 e. The van der Waals surface area contributed by atoms with Gasteiger partial charge in [-0.1, -0.05) is 41.3 Å². The Hall–Kier alpha value is -3.18. The van der Waals surface area contributed by atoms with E-state index < -0.39 is 4.92 Å². The molecular formula is C19H19N5O4S2. The zero-order chi connectivity index (χ0) is 21.5. The molecule has 1 heterocycles. The van der Waals surface area contributed by atoms with Crippen molar-refractivity contribution in [3.8, 4) is 5.75 Å². The van der Waals surface area contributed by atoms with Crippen LogP contribution in [0.4, 0.5) is 22.2 Å². The molecule has 0 saturated carbocycles. The van der Waals surface area contributed by atoms with Crippen molar-refractivity contribution in [1.29, 1.82) is 0 Å². The number of amides is 1. The predicted molar refractivity (Wildman–Crippen MR) is 118 cm³/mol. The molecule has 0 bridgehead atoms. The molecule has 1 aromatic heterocycles. The molecule has 0 unspecified atom stereocenters. The van der Waals surface area contributed by atoms with Crippen molar-refractivity contribution in [3.63, 3.8) is 0 Å². The van der Waals surface area contributed by atoms with Crippen molar-refractivity contribution >= 4 is 51.2 Å². The van der Waals surface area contributed by atoms with Crippen LogP contribution in [0.2, 0.25) is 0 Å². The van der Waals surface area contributed by atoms with Crippen molar-refractivity contribution in [2.24, 2.45) is 0 Å². The van der Waals surface area contributed by atoms with Gasteiger partial charge >= 0.3 is 0 Å². The maximum atomic E-state index is 12.2. The summed E-state index contributed by atoms with van der Waals surface area (Å²) in [5, 5.41) is 25.6. The smallest absolute Gasteiger partial charge is 0.274 e. The van der Waals surface area contributed by atoms with Crippen molar-refractivity contribution < 1.29 is 14.5 Å². The Labute approximate surface area is 181 Å². The second-order valence-electron chi connectivity index (χ2n) is 6.02. The zero-order valence-corrected chi connectivity index (χ0v) is 17.9. The molecule has 0 radical (unpaired) electrons. The summed E-state index contributed by atoms with van der Waals surface area (Å²) in [4.78, 5) is 22.7. The van der Waals surface area contributed by atoms with Gasteiger partial charge in [-0.05, 0) is 32.0 Å². The molecular weight excluding hydrogens is 426 g/mol. The largest absolute Gasteiger partial charge is 0.492 e. The first-order valence-electron chi connectivity index (χ1n) is 8.96. The molecule has 3 aromatic rings. The molecule has 30 heavy (non-hydrogen) atoms.